The van der Waals surface area contributed by atoms with E-state index in [-0.39, 0.29) is 5.91 Å². The van der Waals surface area contributed by atoms with E-state index in [1.165, 1.54) is 0 Å². The molecular weight excluding hydrogens is 326 g/mol. The van der Waals surface area contributed by atoms with Crippen LogP contribution in [-0.4, -0.2) is 25.5 Å². The summed E-state index contributed by atoms with van der Waals surface area (Å²) in [5.74, 6) is 0.637. The van der Waals surface area contributed by atoms with Gasteiger partial charge < -0.3 is 5.32 Å². The fourth-order valence-electron chi connectivity index (χ4n) is 3.73. The molecule has 0 atom stereocenters. The Labute approximate surface area is 149 Å². The van der Waals surface area contributed by atoms with Gasteiger partial charge in [-0.05, 0) is 43.0 Å². The first-order chi connectivity index (χ1) is 12.8. The van der Waals surface area contributed by atoms with Gasteiger partial charge in [0.1, 0.15) is 0 Å². The molecule has 0 fully saturated rings. The molecule has 3 aromatic heterocycles. The molecule has 1 amide bonds. The molecule has 128 valence electrons. The van der Waals surface area contributed by atoms with Crippen molar-refractivity contribution in [3.8, 4) is 0 Å². The molecule has 6 heteroatoms. The molecule has 1 aliphatic carbocycles. The van der Waals surface area contributed by atoms with Gasteiger partial charge in [0.15, 0.2) is 11.5 Å². The summed E-state index contributed by atoms with van der Waals surface area (Å²) in [6.07, 6.45) is 4.79. The van der Waals surface area contributed by atoms with Crippen LogP contribution in [0.15, 0.2) is 48.7 Å². The van der Waals surface area contributed by atoms with Gasteiger partial charge in [0.25, 0.3) is 5.91 Å². The number of hydrogen-bond acceptors (Lipinski definition) is 4. The first-order valence-corrected chi connectivity index (χ1v) is 8.78. The minimum atomic E-state index is -0.0746. The molecule has 1 aromatic carbocycles. The van der Waals surface area contributed by atoms with E-state index in [1.807, 2.05) is 53.1 Å². The predicted molar refractivity (Wildman–Crippen MR) is 97.9 cm³/mol. The van der Waals surface area contributed by atoms with Crippen molar-refractivity contribution in [3.05, 3.63) is 71.3 Å². The highest BCUT2D eigenvalue weighted by molar-refractivity contribution is 6.07. The largest absolute Gasteiger partial charge is 0.345 e. The number of carbonyl (C=O) groups excluding carboxylic acids is 1. The number of para-hydroxylation sites is 1. The number of nitrogens with zero attached hydrogens (tertiary/aromatic N) is 4. The summed E-state index contributed by atoms with van der Waals surface area (Å²) in [7, 11) is 0. The van der Waals surface area contributed by atoms with Crippen molar-refractivity contribution in [2.75, 3.05) is 0 Å². The number of aromatic nitrogens is 4. The number of rotatable bonds is 3. The van der Waals surface area contributed by atoms with Gasteiger partial charge in [0.05, 0.1) is 17.6 Å². The number of hydrogen-bond donors (Lipinski definition) is 1. The first kappa shape index (κ1) is 15.0. The minimum absolute atomic E-state index is 0.0746. The molecule has 4 aromatic rings. The van der Waals surface area contributed by atoms with Crippen molar-refractivity contribution in [2.24, 2.45) is 0 Å². The van der Waals surface area contributed by atoms with Crippen LogP contribution >= 0.6 is 0 Å². The Morgan fingerprint density at radius 3 is 2.92 bits per heavy atom. The van der Waals surface area contributed by atoms with Crippen molar-refractivity contribution >= 4 is 22.5 Å². The average Bonchev–Trinajstić information content (AvgIpc) is 3.30. The van der Waals surface area contributed by atoms with E-state index in [9.17, 15) is 4.79 Å². The van der Waals surface area contributed by atoms with Gasteiger partial charge in [0.2, 0.25) is 0 Å². The highest BCUT2D eigenvalue weighted by Gasteiger charge is 2.23. The molecule has 0 spiro atoms. The lowest BCUT2D eigenvalue weighted by molar-refractivity contribution is 0.0950. The molecule has 0 saturated heterocycles. The van der Waals surface area contributed by atoms with Gasteiger partial charge in [-0.2, -0.15) is 0 Å². The van der Waals surface area contributed by atoms with E-state index in [0.717, 1.165) is 52.6 Å². The third-order valence-electron chi connectivity index (χ3n) is 4.94. The maximum atomic E-state index is 13.1. The highest BCUT2D eigenvalue weighted by atomic mass is 16.1. The zero-order chi connectivity index (χ0) is 17.5. The Morgan fingerprint density at radius 1 is 1.08 bits per heavy atom. The molecule has 1 N–H and O–H groups in total. The van der Waals surface area contributed by atoms with E-state index >= 15 is 0 Å². The topological polar surface area (TPSA) is 72.2 Å². The maximum Gasteiger partial charge on any atom is 0.252 e. The molecular formula is C20H17N5O. The smallest absolute Gasteiger partial charge is 0.252 e. The van der Waals surface area contributed by atoms with Crippen LogP contribution in [0.4, 0.5) is 0 Å². The van der Waals surface area contributed by atoms with Crippen LogP contribution in [0.3, 0.4) is 0 Å². The molecule has 6 nitrogen and oxygen atoms in total. The lowest BCUT2D eigenvalue weighted by atomic mass is 10.0. The third kappa shape index (κ3) is 2.34. The number of amides is 1. The van der Waals surface area contributed by atoms with Crippen molar-refractivity contribution in [1.82, 2.24) is 24.9 Å². The number of benzene rings is 1. The second-order valence-electron chi connectivity index (χ2n) is 6.51. The van der Waals surface area contributed by atoms with Gasteiger partial charge in [-0.3, -0.25) is 14.2 Å². The molecule has 0 saturated carbocycles. The quantitative estimate of drug-likeness (QED) is 0.621. The van der Waals surface area contributed by atoms with Crippen molar-refractivity contribution in [2.45, 2.75) is 25.8 Å². The lowest BCUT2D eigenvalue weighted by Crippen LogP contribution is -2.25. The van der Waals surface area contributed by atoms with E-state index < -0.39 is 0 Å². The van der Waals surface area contributed by atoms with E-state index in [2.05, 4.69) is 15.5 Å². The lowest BCUT2D eigenvalue weighted by Gasteiger charge is -2.12. The van der Waals surface area contributed by atoms with E-state index in [0.29, 0.717) is 12.4 Å². The van der Waals surface area contributed by atoms with Gasteiger partial charge in [-0.1, -0.05) is 24.3 Å². The number of fused-ring (bicyclic) bond motifs is 3. The van der Waals surface area contributed by atoms with Crippen molar-refractivity contribution in [1.29, 1.82) is 0 Å². The second kappa shape index (κ2) is 5.91. The Morgan fingerprint density at radius 2 is 1.96 bits per heavy atom. The highest BCUT2D eigenvalue weighted by Crippen LogP contribution is 2.29. The van der Waals surface area contributed by atoms with Gasteiger partial charge in [-0.25, -0.2) is 0 Å². The van der Waals surface area contributed by atoms with Crippen LogP contribution in [0.5, 0.6) is 0 Å². The Hall–Kier alpha value is -3.28. The van der Waals surface area contributed by atoms with E-state index in [4.69, 9.17) is 4.98 Å². The Balaban J connectivity index is 1.51. The normalized spacial score (nSPS) is 13.2. The first-order valence-electron chi connectivity index (χ1n) is 8.78. The Kier molecular flexibility index (Phi) is 3.41. The predicted octanol–water partition coefficient (Wildman–Crippen LogP) is 2.70. The molecule has 26 heavy (non-hydrogen) atoms. The molecule has 3 heterocycles. The minimum Gasteiger partial charge on any atom is -0.345 e. The van der Waals surface area contributed by atoms with Crippen molar-refractivity contribution < 1.29 is 4.79 Å². The SMILES string of the molecule is O=C(NCc1nnc2ccccn12)c1c2c(nc3ccccc13)CCC2. The molecule has 0 unspecified atom stereocenters. The third-order valence-corrected chi connectivity index (χ3v) is 4.94. The van der Waals surface area contributed by atoms with Crippen LogP contribution in [0, 0.1) is 0 Å². The van der Waals surface area contributed by atoms with Crippen LogP contribution in [0.25, 0.3) is 16.6 Å². The zero-order valence-electron chi connectivity index (χ0n) is 14.1. The number of nitrogens with one attached hydrogen (secondary N) is 1. The summed E-state index contributed by atoms with van der Waals surface area (Å²) < 4.78 is 1.88. The summed E-state index contributed by atoms with van der Waals surface area (Å²) in [5.41, 5.74) is 4.56. The summed E-state index contributed by atoms with van der Waals surface area (Å²) in [4.78, 5) is 17.8. The molecule has 0 bridgehead atoms. The van der Waals surface area contributed by atoms with Gasteiger partial charge in [0, 0.05) is 17.3 Å². The molecule has 0 radical (unpaired) electrons. The Bertz CT molecular complexity index is 1150. The standard InChI is InChI=1S/C20H17N5O/c26-20(21-12-18-24-23-17-10-3-4-11-25(17)18)19-13-6-1-2-8-15(13)22-16-9-5-7-14(16)19/h1-4,6,8,10-11H,5,7,9,12H2,(H,21,26). The zero-order valence-corrected chi connectivity index (χ0v) is 14.1. The number of aryl methyl sites for hydroxylation is 1. The van der Waals surface area contributed by atoms with Crippen LogP contribution < -0.4 is 5.32 Å². The average molecular weight is 343 g/mol. The maximum absolute atomic E-state index is 13.1. The molecule has 0 aliphatic heterocycles. The number of pyridine rings is 2. The fourth-order valence-corrected chi connectivity index (χ4v) is 3.73. The summed E-state index contributed by atoms with van der Waals surface area (Å²) in [6.45, 7) is 0.329. The molecule has 5 rings (SSSR count). The van der Waals surface area contributed by atoms with Crippen LogP contribution in [0.2, 0.25) is 0 Å². The molecule has 1 aliphatic rings. The van der Waals surface area contributed by atoms with Gasteiger partial charge in [-0.15, -0.1) is 10.2 Å². The van der Waals surface area contributed by atoms with Crippen LogP contribution in [0.1, 0.15) is 33.9 Å². The second-order valence-corrected chi connectivity index (χ2v) is 6.51. The van der Waals surface area contributed by atoms with Crippen molar-refractivity contribution in [3.63, 3.8) is 0 Å². The van der Waals surface area contributed by atoms with Gasteiger partial charge >= 0.3 is 0 Å². The van der Waals surface area contributed by atoms with Crippen LogP contribution in [-0.2, 0) is 19.4 Å². The fraction of sp³-hybridized carbons (Fsp3) is 0.200. The monoisotopic (exact) mass is 343 g/mol. The number of carbonyl (C=O) groups is 1. The van der Waals surface area contributed by atoms with E-state index in [1.54, 1.807) is 0 Å². The summed E-state index contributed by atoms with van der Waals surface area (Å²) in [5, 5.41) is 12.2. The summed E-state index contributed by atoms with van der Waals surface area (Å²) in [6, 6.07) is 13.6. The summed E-state index contributed by atoms with van der Waals surface area (Å²) >= 11 is 0.